The van der Waals surface area contributed by atoms with Crippen molar-refractivity contribution in [2.24, 2.45) is 5.92 Å². The Morgan fingerprint density at radius 3 is 2.36 bits per heavy atom. The van der Waals surface area contributed by atoms with Gasteiger partial charge in [0.2, 0.25) is 10.0 Å². The third-order valence-electron chi connectivity index (χ3n) is 4.51. The predicted octanol–water partition coefficient (Wildman–Crippen LogP) is 1.25. The molecule has 0 aromatic heterocycles. The molecule has 6 heteroatoms. The van der Waals surface area contributed by atoms with Crippen LogP contribution in [0.1, 0.15) is 18.4 Å². The molecule has 0 bridgehead atoms. The standard InChI is InChI=1S/C16H24N2O3S/c19-22(20,18-9-11-21-12-10-18)16-3-1-14(2-4-16)13-15-5-7-17-8-6-15/h1-4,15,17H,5-13H2. The molecular formula is C16H24N2O3S. The largest absolute Gasteiger partial charge is 0.379 e. The van der Waals surface area contributed by atoms with E-state index in [1.54, 1.807) is 12.1 Å². The van der Waals surface area contributed by atoms with Crippen LogP contribution in [0.2, 0.25) is 0 Å². The zero-order chi connectivity index (χ0) is 15.4. The lowest BCUT2D eigenvalue weighted by molar-refractivity contribution is 0.0730. The van der Waals surface area contributed by atoms with Crippen LogP contribution in [-0.4, -0.2) is 52.1 Å². The average Bonchev–Trinajstić information content (AvgIpc) is 2.57. The molecule has 5 nitrogen and oxygen atoms in total. The summed E-state index contributed by atoms with van der Waals surface area (Å²) in [6.45, 7) is 4.03. The van der Waals surface area contributed by atoms with Crippen molar-refractivity contribution in [1.82, 2.24) is 9.62 Å². The Hall–Kier alpha value is -0.950. The summed E-state index contributed by atoms with van der Waals surface area (Å²) in [6.07, 6.45) is 3.45. The van der Waals surface area contributed by atoms with Crippen LogP contribution in [0.5, 0.6) is 0 Å². The molecule has 1 aromatic carbocycles. The summed E-state index contributed by atoms with van der Waals surface area (Å²) in [5.41, 5.74) is 1.23. The second kappa shape index (κ2) is 7.08. The van der Waals surface area contributed by atoms with Gasteiger partial charge in [-0.3, -0.25) is 0 Å². The maximum Gasteiger partial charge on any atom is 0.243 e. The van der Waals surface area contributed by atoms with Gasteiger partial charge in [-0.2, -0.15) is 4.31 Å². The van der Waals surface area contributed by atoms with E-state index in [0.717, 1.165) is 19.5 Å². The van der Waals surface area contributed by atoms with Gasteiger partial charge in [-0.25, -0.2) is 8.42 Å². The molecule has 2 fully saturated rings. The number of piperidine rings is 1. The minimum absolute atomic E-state index is 0.392. The highest BCUT2D eigenvalue weighted by Gasteiger charge is 2.26. The van der Waals surface area contributed by atoms with E-state index in [2.05, 4.69) is 5.32 Å². The Kier molecular flexibility index (Phi) is 5.13. The molecule has 22 heavy (non-hydrogen) atoms. The summed E-state index contributed by atoms with van der Waals surface area (Å²) in [5.74, 6) is 0.711. The first-order valence-electron chi connectivity index (χ1n) is 8.04. The minimum atomic E-state index is -3.37. The van der Waals surface area contributed by atoms with E-state index in [9.17, 15) is 8.42 Å². The van der Waals surface area contributed by atoms with Gasteiger partial charge in [0.25, 0.3) is 0 Å². The van der Waals surface area contributed by atoms with E-state index < -0.39 is 10.0 Å². The van der Waals surface area contributed by atoms with Crippen LogP contribution in [0.3, 0.4) is 0 Å². The Morgan fingerprint density at radius 2 is 1.73 bits per heavy atom. The SMILES string of the molecule is O=S(=O)(c1ccc(CC2CCNCC2)cc1)N1CCOCC1. The number of nitrogens with one attached hydrogen (secondary N) is 1. The Balaban J connectivity index is 1.67. The number of hydrogen-bond donors (Lipinski definition) is 1. The molecule has 3 rings (SSSR count). The fourth-order valence-corrected chi connectivity index (χ4v) is 4.56. The van der Waals surface area contributed by atoms with Gasteiger partial charge in [-0.1, -0.05) is 12.1 Å². The molecule has 2 saturated heterocycles. The van der Waals surface area contributed by atoms with Crippen molar-refractivity contribution in [3.63, 3.8) is 0 Å². The first-order chi connectivity index (χ1) is 10.7. The summed E-state index contributed by atoms with van der Waals surface area (Å²) in [6, 6.07) is 7.44. The maximum atomic E-state index is 12.6. The van der Waals surface area contributed by atoms with Crippen LogP contribution >= 0.6 is 0 Å². The normalized spacial score (nSPS) is 21.8. The maximum absolute atomic E-state index is 12.6. The molecule has 0 amide bonds. The van der Waals surface area contributed by atoms with E-state index in [1.807, 2.05) is 12.1 Å². The van der Waals surface area contributed by atoms with Crippen LogP contribution < -0.4 is 5.32 Å². The molecule has 0 spiro atoms. The summed E-state index contributed by atoms with van der Waals surface area (Å²) >= 11 is 0. The Bertz CT molecular complexity index is 574. The molecule has 0 saturated carbocycles. The van der Waals surface area contributed by atoms with Crippen molar-refractivity contribution in [2.75, 3.05) is 39.4 Å². The van der Waals surface area contributed by atoms with E-state index in [0.29, 0.717) is 37.1 Å². The van der Waals surface area contributed by atoms with Gasteiger partial charge in [0, 0.05) is 13.1 Å². The van der Waals surface area contributed by atoms with Crippen LogP contribution in [-0.2, 0) is 21.2 Å². The molecule has 2 aliphatic heterocycles. The molecule has 0 radical (unpaired) electrons. The quantitative estimate of drug-likeness (QED) is 0.905. The lowest BCUT2D eigenvalue weighted by Gasteiger charge is -2.26. The zero-order valence-electron chi connectivity index (χ0n) is 12.8. The van der Waals surface area contributed by atoms with Crippen molar-refractivity contribution < 1.29 is 13.2 Å². The van der Waals surface area contributed by atoms with Crippen molar-refractivity contribution in [1.29, 1.82) is 0 Å². The highest BCUT2D eigenvalue weighted by Crippen LogP contribution is 2.21. The molecule has 1 N–H and O–H groups in total. The summed E-state index contributed by atoms with van der Waals surface area (Å²) in [4.78, 5) is 0.392. The van der Waals surface area contributed by atoms with Crippen LogP contribution in [0, 0.1) is 5.92 Å². The topological polar surface area (TPSA) is 58.6 Å². The van der Waals surface area contributed by atoms with Gasteiger partial charge in [-0.05, 0) is 56.0 Å². The molecule has 0 unspecified atom stereocenters. The lowest BCUT2D eigenvalue weighted by Crippen LogP contribution is -2.40. The van der Waals surface area contributed by atoms with Crippen LogP contribution in [0.25, 0.3) is 0 Å². The van der Waals surface area contributed by atoms with Crippen molar-refractivity contribution in [3.05, 3.63) is 29.8 Å². The second-order valence-electron chi connectivity index (χ2n) is 6.06. The smallest absolute Gasteiger partial charge is 0.243 e. The van der Waals surface area contributed by atoms with Gasteiger partial charge in [0.15, 0.2) is 0 Å². The van der Waals surface area contributed by atoms with Crippen molar-refractivity contribution in [3.8, 4) is 0 Å². The first kappa shape index (κ1) is 15.9. The number of ether oxygens (including phenoxy) is 1. The predicted molar refractivity (Wildman–Crippen MR) is 85.3 cm³/mol. The summed E-state index contributed by atoms with van der Waals surface area (Å²) in [5, 5.41) is 3.37. The first-order valence-corrected chi connectivity index (χ1v) is 9.48. The van der Waals surface area contributed by atoms with Crippen molar-refractivity contribution in [2.45, 2.75) is 24.2 Å². The molecule has 2 aliphatic rings. The monoisotopic (exact) mass is 324 g/mol. The lowest BCUT2D eigenvalue weighted by atomic mass is 9.91. The average molecular weight is 324 g/mol. The number of rotatable bonds is 4. The van der Waals surface area contributed by atoms with Gasteiger partial charge >= 0.3 is 0 Å². The van der Waals surface area contributed by atoms with Crippen molar-refractivity contribution >= 4 is 10.0 Å². The molecular weight excluding hydrogens is 300 g/mol. The molecule has 1 aromatic rings. The highest BCUT2D eigenvalue weighted by atomic mass is 32.2. The number of benzene rings is 1. The summed E-state index contributed by atoms with van der Waals surface area (Å²) in [7, 11) is -3.37. The van der Waals surface area contributed by atoms with Crippen LogP contribution in [0.4, 0.5) is 0 Å². The van der Waals surface area contributed by atoms with E-state index in [4.69, 9.17) is 4.74 Å². The van der Waals surface area contributed by atoms with E-state index in [-0.39, 0.29) is 0 Å². The van der Waals surface area contributed by atoms with E-state index in [1.165, 1.54) is 22.7 Å². The number of nitrogens with zero attached hydrogens (tertiary/aromatic N) is 1. The van der Waals surface area contributed by atoms with Crippen LogP contribution in [0.15, 0.2) is 29.2 Å². The third-order valence-corrected chi connectivity index (χ3v) is 6.43. The molecule has 0 atom stereocenters. The fraction of sp³-hybridized carbons (Fsp3) is 0.625. The Labute approximate surface area is 132 Å². The van der Waals surface area contributed by atoms with Gasteiger partial charge in [0.1, 0.15) is 0 Å². The van der Waals surface area contributed by atoms with Gasteiger partial charge < -0.3 is 10.1 Å². The number of sulfonamides is 1. The number of hydrogen-bond acceptors (Lipinski definition) is 4. The Morgan fingerprint density at radius 1 is 1.09 bits per heavy atom. The van der Waals surface area contributed by atoms with E-state index >= 15 is 0 Å². The fourth-order valence-electron chi connectivity index (χ4n) is 3.15. The summed E-state index contributed by atoms with van der Waals surface area (Å²) < 4.78 is 31.8. The van der Waals surface area contributed by atoms with Gasteiger partial charge in [-0.15, -0.1) is 0 Å². The third kappa shape index (κ3) is 3.68. The molecule has 0 aliphatic carbocycles. The number of morpholine rings is 1. The minimum Gasteiger partial charge on any atom is -0.379 e. The molecule has 2 heterocycles. The zero-order valence-corrected chi connectivity index (χ0v) is 13.6. The second-order valence-corrected chi connectivity index (χ2v) is 8.00. The highest BCUT2D eigenvalue weighted by molar-refractivity contribution is 7.89. The van der Waals surface area contributed by atoms with Gasteiger partial charge in [0.05, 0.1) is 18.1 Å². The molecule has 122 valence electrons.